The minimum atomic E-state index is -1.44. The Balaban J connectivity index is 2.27. The van der Waals surface area contributed by atoms with Gasteiger partial charge in [0.2, 0.25) is 0 Å². The van der Waals surface area contributed by atoms with Crippen molar-refractivity contribution in [2.45, 2.75) is 6.10 Å². The number of hydrogen-bond donors (Lipinski definition) is 1. The molecule has 0 bridgehead atoms. The average molecular weight is 217 g/mol. The van der Waals surface area contributed by atoms with Crippen LogP contribution >= 0.6 is 0 Å². The van der Waals surface area contributed by atoms with Gasteiger partial charge in [-0.05, 0) is 17.7 Å². The van der Waals surface area contributed by atoms with E-state index in [1.807, 2.05) is 0 Å². The van der Waals surface area contributed by atoms with Crippen LogP contribution in [-0.2, 0) is 4.74 Å². The molecule has 0 saturated carbocycles. The SMILES string of the molecule is Fc1cc([C@@H]2CNCCO2)cc(F)c1F. The van der Waals surface area contributed by atoms with E-state index in [1.165, 1.54) is 0 Å². The van der Waals surface area contributed by atoms with E-state index in [2.05, 4.69) is 5.32 Å². The molecule has 0 radical (unpaired) electrons. The van der Waals surface area contributed by atoms with Gasteiger partial charge in [0.15, 0.2) is 17.5 Å². The van der Waals surface area contributed by atoms with Gasteiger partial charge in [0.25, 0.3) is 0 Å². The first kappa shape index (κ1) is 10.4. The number of ether oxygens (including phenoxy) is 1. The Kier molecular flexibility index (Phi) is 2.93. The molecule has 1 saturated heterocycles. The van der Waals surface area contributed by atoms with E-state index in [0.717, 1.165) is 12.1 Å². The molecule has 1 atom stereocenters. The highest BCUT2D eigenvalue weighted by Crippen LogP contribution is 2.22. The summed E-state index contributed by atoms with van der Waals surface area (Å²) in [5, 5.41) is 3.02. The number of rotatable bonds is 1. The summed E-state index contributed by atoms with van der Waals surface area (Å²) >= 11 is 0. The maximum Gasteiger partial charge on any atom is 0.194 e. The highest BCUT2D eigenvalue weighted by molar-refractivity contribution is 5.22. The second-order valence-electron chi connectivity index (χ2n) is 3.36. The predicted molar refractivity (Wildman–Crippen MR) is 47.9 cm³/mol. The minimum Gasteiger partial charge on any atom is -0.371 e. The lowest BCUT2D eigenvalue weighted by molar-refractivity contribution is 0.0272. The summed E-state index contributed by atoms with van der Waals surface area (Å²) in [5.74, 6) is -3.80. The molecular formula is C10H10F3NO. The molecule has 1 fully saturated rings. The monoisotopic (exact) mass is 217 g/mol. The van der Waals surface area contributed by atoms with Crippen LogP contribution in [-0.4, -0.2) is 19.7 Å². The molecule has 0 aromatic heterocycles. The molecule has 2 nitrogen and oxygen atoms in total. The lowest BCUT2D eigenvalue weighted by atomic mass is 10.1. The van der Waals surface area contributed by atoms with Crippen molar-refractivity contribution < 1.29 is 17.9 Å². The number of hydrogen-bond acceptors (Lipinski definition) is 2. The van der Waals surface area contributed by atoms with Crippen LogP contribution in [0.1, 0.15) is 11.7 Å². The van der Waals surface area contributed by atoms with Gasteiger partial charge in [-0.25, -0.2) is 13.2 Å². The molecule has 2 rings (SSSR count). The van der Waals surface area contributed by atoms with Crippen LogP contribution in [0.2, 0.25) is 0 Å². The molecule has 1 aromatic rings. The van der Waals surface area contributed by atoms with E-state index in [4.69, 9.17) is 4.74 Å². The standard InChI is InChI=1S/C10H10F3NO/c11-7-3-6(4-8(12)10(7)13)9-5-14-1-2-15-9/h3-4,9,14H,1-2,5H2/t9-/m0/s1. The number of nitrogens with one attached hydrogen (secondary N) is 1. The fourth-order valence-corrected chi connectivity index (χ4v) is 1.54. The Morgan fingerprint density at radius 3 is 2.40 bits per heavy atom. The van der Waals surface area contributed by atoms with Crippen LogP contribution in [0.3, 0.4) is 0 Å². The zero-order valence-corrected chi connectivity index (χ0v) is 7.90. The van der Waals surface area contributed by atoms with Crippen LogP contribution in [0.5, 0.6) is 0 Å². The smallest absolute Gasteiger partial charge is 0.194 e. The molecule has 5 heteroatoms. The lowest BCUT2D eigenvalue weighted by Gasteiger charge is -2.24. The number of benzene rings is 1. The molecular weight excluding hydrogens is 207 g/mol. The van der Waals surface area contributed by atoms with E-state index in [9.17, 15) is 13.2 Å². The Labute approximate surface area is 85.0 Å². The number of morpholine rings is 1. The molecule has 0 spiro atoms. The summed E-state index contributed by atoms with van der Waals surface area (Å²) in [4.78, 5) is 0. The first-order valence-corrected chi connectivity index (χ1v) is 4.65. The van der Waals surface area contributed by atoms with E-state index in [0.29, 0.717) is 25.3 Å². The average Bonchev–Trinajstić information content (AvgIpc) is 2.26. The first-order chi connectivity index (χ1) is 7.18. The summed E-state index contributed by atoms with van der Waals surface area (Å²) < 4.78 is 43.8. The molecule has 0 amide bonds. The van der Waals surface area contributed by atoms with Crippen LogP contribution in [0, 0.1) is 17.5 Å². The minimum absolute atomic E-state index is 0.318. The maximum atomic E-state index is 12.9. The third kappa shape index (κ3) is 2.13. The van der Waals surface area contributed by atoms with Crippen molar-refractivity contribution >= 4 is 0 Å². The van der Waals surface area contributed by atoms with Crippen LogP contribution < -0.4 is 5.32 Å². The Bertz CT molecular complexity index is 341. The fraction of sp³-hybridized carbons (Fsp3) is 0.400. The molecule has 1 heterocycles. The molecule has 1 aromatic carbocycles. The zero-order chi connectivity index (χ0) is 10.8. The van der Waals surface area contributed by atoms with Crippen molar-refractivity contribution in [3.8, 4) is 0 Å². The van der Waals surface area contributed by atoms with Crippen molar-refractivity contribution in [2.75, 3.05) is 19.7 Å². The quantitative estimate of drug-likeness (QED) is 0.724. The van der Waals surface area contributed by atoms with E-state index >= 15 is 0 Å². The van der Waals surface area contributed by atoms with Crippen LogP contribution in [0.25, 0.3) is 0 Å². The molecule has 1 aliphatic rings. The molecule has 1 N–H and O–H groups in total. The van der Waals surface area contributed by atoms with Crippen molar-refractivity contribution in [3.63, 3.8) is 0 Å². The lowest BCUT2D eigenvalue weighted by Crippen LogP contribution is -2.33. The van der Waals surface area contributed by atoms with E-state index in [-0.39, 0.29) is 0 Å². The summed E-state index contributed by atoms with van der Waals surface area (Å²) in [6.45, 7) is 1.67. The summed E-state index contributed by atoms with van der Waals surface area (Å²) in [6, 6.07) is 1.94. The summed E-state index contributed by atoms with van der Waals surface area (Å²) in [6.07, 6.45) is -0.414. The predicted octanol–water partition coefficient (Wildman–Crippen LogP) is 1.76. The Morgan fingerprint density at radius 1 is 1.20 bits per heavy atom. The van der Waals surface area contributed by atoms with Gasteiger partial charge < -0.3 is 10.1 Å². The molecule has 82 valence electrons. The normalized spacial score (nSPS) is 21.7. The first-order valence-electron chi connectivity index (χ1n) is 4.65. The molecule has 0 unspecified atom stereocenters. The van der Waals surface area contributed by atoms with Crippen molar-refractivity contribution in [1.82, 2.24) is 5.32 Å². The highest BCUT2D eigenvalue weighted by Gasteiger charge is 2.19. The van der Waals surface area contributed by atoms with Crippen molar-refractivity contribution in [2.24, 2.45) is 0 Å². The molecule has 15 heavy (non-hydrogen) atoms. The van der Waals surface area contributed by atoms with Gasteiger partial charge in [-0.1, -0.05) is 0 Å². The second-order valence-corrected chi connectivity index (χ2v) is 3.36. The molecule has 0 aliphatic carbocycles. The maximum absolute atomic E-state index is 12.9. The Hall–Kier alpha value is -1.07. The van der Waals surface area contributed by atoms with Crippen LogP contribution in [0.15, 0.2) is 12.1 Å². The van der Waals surface area contributed by atoms with E-state index in [1.54, 1.807) is 0 Å². The van der Waals surface area contributed by atoms with Gasteiger partial charge in [0.1, 0.15) is 0 Å². The van der Waals surface area contributed by atoms with Gasteiger partial charge in [-0.15, -0.1) is 0 Å². The van der Waals surface area contributed by atoms with Crippen LogP contribution in [0.4, 0.5) is 13.2 Å². The van der Waals surface area contributed by atoms with Gasteiger partial charge in [0.05, 0.1) is 12.7 Å². The topological polar surface area (TPSA) is 21.3 Å². The zero-order valence-electron chi connectivity index (χ0n) is 7.90. The number of halogens is 3. The largest absolute Gasteiger partial charge is 0.371 e. The van der Waals surface area contributed by atoms with Crippen molar-refractivity contribution in [1.29, 1.82) is 0 Å². The van der Waals surface area contributed by atoms with Gasteiger partial charge in [-0.2, -0.15) is 0 Å². The van der Waals surface area contributed by atoms with Gasteiger partial charge in [0, 0.05) is 13.1 Å². The summed E-state index contributed by atoms with van der Waals surface area (Å²) in [5.41, 5.74) is 0.318. The fourth-order valence-electron chi connectivity index (χ4n) is 1.54. The van der Waals surface area contributed by atoms with Gasteiger partial charge in [-0.3, -0.25) is 0 Å². The molecule has 1 aliphatic heterocycles. The third-order valence-electron chi connectivity index (χ3n) is 2.31. The Morgan fingerprint density at radius 2 is 1.87 bits per heavy atom. The highest BCUT2D eigenvalue weighted by atomic mass is 19.2. The van der Waals surface area contributed by atoms with E-state index < -0.39 is 23.6 Å². The third-order valence-corrected chi connectivity index (χ3v) is 2.31. The second kappa shape index (κ2) is 4.20. The van der Waals surface area contributed by atoms with Gasteiger partial charge >= 0.3 is 0 Å². The van der Waals surface area contributed by atoms with Crippen molar-refractivity contribution in [3.05, 3.63) is 35.1 Å². The summed E-state index contributed by atoms with van der Waals surface area (Å²) in [7, 11) is 0.